The molecule has 1 saturated heterocycles. The van der Waals surface area contributed by atoms with E-state index in [9.17, 15) is 4.79 Å². The van der Waals surface area contributed by atoms with Crippen molar-refractivity contribution in [2.75, 3.05) is 7.11 Å². The van der Waals surface area contributed by atoms with E-state index < -0.39 is 6.10 Å². The third-order valence-corrected chi connectivity index (χ3v) is 3.71. The van der Waals surface area contributed by atoms with E-state index in [2.05, 4.69) is 11.4 Å². The van der Waals surface area contributed by atoms with Crippen LogP contribution in [0.25, 0.3) is 11.1 Å². The Kier molecular flexibility index (Phi) is 2.89. The van der Waals surface area contributed by atoms with Crippen molar-refractivity contribution >= 4 is 17.3 Å². The minimum atomic E-state index is -0.449. The van der Waals surface area contributed by atoms with Crippen LogP contribution in [-0.2, 0) is 14.3 Å². The molecule has 1 aliphatic rings. The lowest BCUT2D eigenvalue weighted by atomic mass is 9.98. The van der Waals surface area contributed by atoms with Crippen molar-refractivity contribution in [3.63, 3.8) is 0 Å². The van der Waals surface area contributed by atoms with Gasteiger partial charge in [-0.3, -0.25) is 0 Å². The van der Waals surface area contributed by atoms with Crippen LogP contribution in [0.2, 0.25) is 0 Å². The fraction of sp³-hybridized carbons (Fsp3) is 0.214. The first kappa shape index (κ1) is 11.4. The monoisotopic (exact) mass is 260 g/mol. The van der Waals surface area contributed by atoms with E-state index in [0.717, 1.165) is 16.7 Å². The number of ether oxygens (including phenoxy) is 2. The third kappa shape index (κ3) is 1.94. The highest BCUT2D eigenvalue weighted by Gasteiger charge is 2.48. The van der Waals surface area contributed by atoms with Gasteiger partial charge in [-0.2, -0.15) is 11.3 Å². The molecule has 0 bridgehead atoms. The van der Waals surface area contributed by atoms with Crippen LogP contribution in [0.1, 0.15) is 11.7 Å². The summed E-state index contributed by atoms with van der Waals surface area (Å²) in [5.74, 6) is -0.305. The molecule has 1 aromatic carbocycles. The summed E-state index contributed by atoms with van der Waals surface area (Å²) in [6.07, 6.45) is -0.622. The number of epoxide rings is 1. The molecule has 2 atom stereocenters. The molecule has 1 aromatic heterocycles. The predicted molar refractivity (Wildman–Crippen MR) is 69.4 cm³/mol. The molecule has 4 heteroatoms. The molecular formula is C14H12O3S. The van der Waals surface area contributed by atoms with Crippen LogP contribution in [0.3, 0.4) is 0 Å². The normalized spacial score (nSPS) is 21.6. The van der Waals surface area contributed by atoms with E-state index in [1.54, 1.807) is 11.3 Å². The average molecular weight is 260 g/mol. The van der Waals surface area contributed by atoms with Crippen LogP contribution in [0, 0.1) is 0 Å². The van der Waals surface area contributed by atoms with Crippen molar-refractivity contribution in [3.05, 3.63) is 46.7 Å². The minimum absolute atomic E-state index is 0.173. The Labute approximate surface area is 109 Å². The molecule has 0 saturated carbocycles. The molecule has 1 fully saturated rings. The topological polar surface area (TPSA) is 38.8 Å². The van der Waals surface area contributed by atoms with Gasteiger partial charge in [0, 0.05) is 0 Å². The summed E-state index contributed by atoms with van der Waals surface area (Å²) in [5.41, 5.74) is 3.33. The molecule has 2 heterocycles. The summed E-state index contributed by atoms with van der Waals surface area (Å²) in [5, 5.41) is 4.13. The van der Waals surface area contributed by atoms with Crippen LogP contribution >= 0.6 is 11.3 Å². The van der Waals surface area contributed by atoms with Gasteiger partial charge in [0.25, 0.3) is 0 Å². The van der Waals surface area contributed by atoms with E-state index in [1.165, 1.54) is 7.11 Å². The number of esters is 1. The Hall–Kier alpha value is -1.65. The lowest BCUT2D eigenvalue weighted by Gasteiger charge is -2.05. The minimum Gasteiger partial charge on any atom is -0.467 e. The number of carbonyl (C=O) groups is 1. The molecular weight excluding hydrogens is 248 g/mol. The first-order valence-electron chi connectivity index (χ1n) is 5.66. The molecule has 0 spiro atoms. The highest BCUT2D eigenvalue weighted by atomic mass is 32.1. The van der Waals surface area contributed by atoms with Gasteiger partial charge in [-0.15, -0.1) is 0 Å². The van der Waals surface area contributed by atoms with Crippen molar-refractivity contribution in [1.82, 2.24) is 0 Å². The quantitative estimate of drug-likeness (QED) is 0.629. The van der Waals surface area contributed by atoms with Crippen LogP contribution in [0.15, 0.2) is 41.1 Å². The van der Waals surface area contributed by atoms with Crippen molar-refractivity contribution in [2.24, 2.45) is 0 Å². The molecule has 92 valence electrons. The molecule has 3 rings (SSSR count). The first-order chi connectivity index (χ1) is 8.81. The lowest BCUT2D eigenvalue weighted by Crippen LogP contribution is -2.09. The number of rotatable bonds is 3. The van der Waals surface area contributed by atoms with Gasteiger partial charge in [0.05, 0.1) is 7.11 Å². The summed E-state index contributed by atoms with van der Waals surface area (Å²) < 4.78 is 10.1. The Morgan fingerprint density at radius 1 is 1.33 bits per heavy atom. The van der Waals surface area contributed by atoms with Gasteiger partial charge in [0.15, 0.2) is 6.10 Å². The van der Waals surface area contributed by atoms with Gasteiger partial charge in [-0.05, 0) is 33.5 Å². The Bertz CT molecular complexity index is 562. The second-order valence-electron chi connectivity index (χ2n) is 4.10. The Balaban J connectivity index is 1.93. The molecule has 0 unspecified atom stereocenters. The van der Waals surface area contributed by atoms with Gasteiger partial charge in [-0.25, -0.2) is 4.79 Å². The molecule has 18 heavy (non-hydrogen) atoms. The summed E-state index contributed by atoms with van der Waals surface area (Å²) in [7, 11) is 1.38. The zero-order valence-corrected chi connectivity index (χ0v) is 10.6. The summed E-state index contributed by atoms with van der Waals surface area (Å²) in [6, 6.07) is 10.1. The van der Waals surface area contributed by atoms with Crippen LogP contribution in [0.5, 0.6) is 0 Å². The van der Waals surface area contributed by atoms with Crippen LogP contribution < -0.4 is 0 Å². The maximum atomic E-state index is 11.4. The zero-order chi connectivity index (χ0) is 12.5. The average Bonchev–Trinajstić information content (AvgIpc) is 3.03. The van der Waals surface area contributed by atoms with Crippen molar-refractivity contribution < 1.29 is 14.3 Å². The molecule has 1 aliphatic heterocycles. The number of benzene rings is 1. The maximum Gasteiger partial charge on any atom is 0.338 e. The molecule has 2 aromatic rings. The number of thiophene rings is 1. The van der Waals surface area contributed by atoms with Gasteiger partial charge in [0.1, 0.15) is 6.10 Å². The van der Waals surface area contributed by atoms with E-state index in [-0.39, 0.29) is 12.1 Å². The Morgan fingerprint density at radius 2 is 2.17 bits per heavy atom. The van der Waals surface area contributed by atoms with Crippen molar-refractivity contribution in [1.29, 1.82) is 0 Å². The lowest BCUT2D eigenvalue weighted by molar-refractivity contribution is -0.142. The van der Waals surface area contributed by atoms with E-state index in [0.29, 0.717) is 0 Å². The Morgan fingerprint density at radius 3 is 2.89 bits per heavy atom. The summed E-state index contributed by atoms with van der Waals surface area (Å²) in [6.45, 7) is 0. The zero-order valence-electron chi connectivity index (χ0n) is 9.83. The summed E-state index contributed by atoms with van der Waals surface area (Å²) >= 11 is 1.65. The molecule has 0 radical (unpaired) electrons. The van der Waals surface area contributed by atoms with Gasteiger partial charge < -0.3 is 9.47 Å². The van der Waals surface area contributed by atoms with Crippen molar-refractivity contribution in [3.8, 4) is 11.1 Å². The molecule has 3 nitrogen and oxygen atoms in total. The molecule has 0 amide bonds. The highest BCUT2D eigenvalue weighted by Crippen LogP contribution is 2.43. The standard InChI is InChI=1S/C14H12O3S/c1-16-14(15)13-12(17-13)11-5-3-2-4-10(11)9-6-7-18-8-9/h2-8,12-13H,1H3/t12-,13+/m0/s1. The number of hydrogen-bond acceptors (Lipinski definition) is 4. The number of hydrogen-bond donors (Lipinski definition) is 0. The van der Waals surface area contributed by atoms with E-state index in [4.69, 9.17) is 9.47 Å². The number of carbonyl (C=O) groups excluding carboxylic acids is 1. The van der Waals surface area contributed by atoms with Gasteiger partial charge >= 0.3 is 5.97 Å². The smallest absolute Gasteiger partial charge is 0.338 e. The van der Waals surface area contributed by atoms with E-state index >= 15 is 0 Å². The summed E-state index contributed by atoms with van der Waals surface area (Å²) in [4.78, 5) is 11.4. The molecule has 0 N–H and O–H groups in total. The SMILES string of the molecule is COC(=O)[C@@H]1O[C@H]1c1ccccc1-c1ccsc1. The molecule has 0 aliphatic carbocycles. The van der Waals surface area contributed by atoms with Crippen molar-refractivity contribution in [2.45, 2.75) is 12.2 Å². The van der Waals surface area contributed by atoms with Crippen LogP contribution in [0.4, 0.5) is 0 Å². The third-order valence-electron chi connectivity index (χ3n) is 3.02. The second kappa shape index (κ2) is 4.55. The van der Waals surface area contributed by atoms with Crippen LogP contribution in [-0.4, -0.2) is 19.2 Å². The largest absolute Gasteiger partial charge is 0.467 e. The maximum absolute atomic E-state index is 11.4. The van der Waals surface area contributed by atoms with Gasteiger partial charge in [0.2, 0.25) is 0 Å². The second-order valence-corrected chi connectivity index (χ2v) is 4.88. The number of methoxy groups -OCH3 is 1. The predicted octanol–water partition coefficient (Wildman–Crippen LogP) is 3.03. The van der Waals surface area contributed by atoms with Gasteiger partial charge in [-0.1, -0.05) is 24.3 Å². The van der Waals surface area contributed by atoms with E-state index in [1.807, 2.05) is 29.6 Å². The first-order valence-corrected chi connectivity index (χ1v) is 6.60. The highest BCUT2D eigenvalue weighted by molar-refractivity contribution is 7.08. The fourth-order valence-corrected chi connectivity index (χ4v) is 2.73. The fourth-order valence-electron chi connectivity index (χ4n) is 2.07.